The van der Waals surface area contributed by atoms with Crippen LogP contribution >= 0.6 is 0 Å². The maximum atomic E-state index is 12.5. The van der Waals surface area contributed by atoms with Gasteiger partial charge in [-0.2, -0.15) is 0 Å². The third-order valence-corrected chi connectivity index (χ3v) is 4.80. The molecule has 4 nitrogen and oxygen atoms in total. The van der Waals surface area contributed by atoms with Crippen LogP contribution < -0.4 is 5.32 Å². The molecule has 4 heteroatoms. The zero-order valence-electron chi connectivity index (χ0n) is 13.4. The number of carbonyl (C=O) groups is 1. The van der Waals surface area contributed by atoms with Crippen molar-refractivity contribution < 1.29 is 4.79 Å². The van der Waals surface area contributed by atoms with Crippen molar-refractivity contribution in [2.75, 3.05) is 32.7 Å². The highest BCUT2D eigenvalue weighted by Crippen LogP contribution is 2.22. The molecule has 2 rings (SSSR count). The van der Waals surface area contributed by atoms with Crippen LogP contribution in [0, 0.1) is 5.92 Å². The number of nitrogens with one attached hydrogen (secondary N) is 1. The molecule has 2 unspecified atom stereocenters. The van der Waals surface area contributed by atoms with E-state index in [0.29, 0.717) is 5.91 Å². The summed E-state index contributed by atoms with van der Waals surface area (Å²) < 4.78 is 0. The molecule has 1 N–H and O–H groups in total. The van der Waals surface area contributed by atoms with E-state index in [-0.39, 0.29) is 6.04 Å². The van der Waals surface area contributed by atoms with E-state index in [1.807, 2.05) is 4.90 Å². The number of carbonyl (C=O) groups excluding carboxylic acids is 1. The number of likely N-dealkylation sites (tertiary alicyclic amines) is 1. The number of rotatable bonds is 7. The lowest BCUT2D eigenvalue weighted by Crippen LogP contribution is -2.51. The molecule has 0 aromatic carbocycles. The molecule has 1 saturated heterocycles. The minimum atomic E-state index is 0.0404. The van der Waals surface area contributed by atoms with E-state index in [9.17, 15) is 4.79 Å². The normalized spacial score (nSPS) is 25.4. The smallest absolute Gasteiger partial charge is 0.239 e. The zero-order chi connectivity index (χ0) is 14.5. The van der Waals surface area contributed by atoms with Crippen molar-refractivity contribution >= 4 is 5.91 Å². The molecule has 2 atom stereocenters. The van der Waals surface area contributed by atoms with Crippen LogP contribution in [-0.2, 0) is 4.79 Å². The lowest BCUT2D eigenvalue weighted by Gasteiger charge is -2.38. The summed E-state index contributed by atoms with van der Waals surface area (Å²) in [5, 5.41) is 3.64. The number of likely N-dealkylation sites (N-methyl/N-ethyl adjacent to an activating group) is 1. The summed E-state index contributed by atoms with van der Waals surface area (Å²) in [6, 6.07) is 0.832. The highest BCUT2D eigenvalue weighted by molar-refractivity contribution is 5.81. The molecule has 0 radical (unpaired) electrons. The van der Waals surface area contributed by atoms with Gasteiger partial charge in [0.25, 0.3) is 0 Å². The second-order valence-corrected chi connectivity index (χ2v) is 6.37. The highest BCUT2D eigenvalue weighted by atomic mass is 16.2. The van der Waals surface area contributed by atoms with E-state index in [1.54, 1.807) is 0 Å². The molecular formula is C16H31N3O. The first-order valence-electron chi connectivity index (χ1n) is 8.41. The molecule has 1 saturated carbocycles. The molecule has 1 heterocycles. The predicted molar refractivity (Wildman–Crippen MR) is 82.7 cm³/mol. The van der Waals surface area contributed by atoms with E-state index >= 15 is 0 Å². The summed E-state index contributed by atoms with van der Waals surface area (Å²) in [6.45, 7) is 11.1. The Morgan fingerprint density at radius 1 is 1.30 bits per heavy atom. The van der Waals surface area contributed by atoms with Gasteiger partial charge in [0.2, 0.25) is 5.91 Å². The number of hydrogen-bond acceptors (Lipinski definition) is 3. The average Bonchev–Trinajstić information content (AvgIpc) is 3.30. The van der Waals surface area contributed by atoms with E-state index in [0.717, 1.165) is 44.7 Å². The number of piperidine rings is 1. The van der Waals surface area contributed by atoms with Gasteiger partial charge in [0.15, 0.2) is 0 Å². The van der Waals surface area contributed by atoms with Crippen LogP contribution in [0.4, 0.5) is 0 Å². The van der Waals surface area contributed by atoms with Gasteiger partial charge in [0.05, 0.1) is 6.04 Å². The van der Waals surface area contributed by atoms with Crippen molar-refractivity contribution in [1.82, 2.24) is 15.1 Å². The van der Waals surface area contributed by atoms with Crippen LogP contribution in [0.3, 0.4) is 0 Å². The fourth-order valence-corrected chi connectivity index (χ4v) is 3.19. The molecule has 1 amide bonds. The van der Waals surface area contributed by atoms with Crippen LogP contribution in [-0.4, -0.2) is 60.5 Å². The first-order valence-corrected chi connectivity index (χ1v) is 8.41. The largest absolute Gasteiger partial charge is 0.342 e. The minimum Gasteiger partial charge on any atom is -0.342 e. The molecule has 1 aliphatic carbocycles. The van der Waals surface area contributed by atoms with Crippen molar-refractivity contribution in [1.29, 1.82) is 0 Å². The molecule has 0 bridgehead atoms. The summed E-state index contributed by atoms with van der Waals surface area (Å²) in [5.41, 5.74) is 0. The molecule has 0 spiro atoms. The van der Waals surface area contributed by atoms with Gasteiger partial charge in [-0.15, -0.1) is 0 Å². The van der Waals surface area contributed by atoms with Crippen molar-refractivity contribution in [3.63, 3.8) is 0 Å². The van der Waals surface area contributed by atoms with E-state index in [2.05, 4.69) is 31.0 Å². The Hall–Kier alpha value is -0.610. The van der Waals surface area contributed by atoms with Gasteiger partial charge >= 0.3 is 0 Å². The van der Waals surface area contributed by atoms with Crippen molar-refractivity contribution in [2.45, 2.75) is 58.5 Å². The summed E-state index contributed by atoms with van der Waals surface area (Å²) >= 11 is 0. The second kappa shape index (κ2) is 7.41. The molecule has 2 aliphatic rings. The quantitative estimate of drug-likeness (QED) is 0.771. The van der Waals surface area contributed by atoms with Gasteiger partial charge in [-0.25, -0.2) is 0 Å². The maximum Gasteiger partial charge on any atom is 0.239 e. The van der Waals surface area contributed by atoms with Gasteiger partial charge in [-0.1, -0.05) is 0 Å². The molecule has 1 aliphatic heterocycles. The van der Waals surface area contributed by atoms with Gasteiger partial charge in [0, 0.05) is 25.7 Å². The first kappa shape index (κ1) is 15.8. The molecule has 0 aromatic heterocycles. The van der Waals surface area contributed by atoms with Crippen LogP contribution in [0.15, 0.2) is 0 Å². The third kappa shape index (κ3) is 4.19. The second-order valence-electron chi connectivity index (χ2n) is 6.37. The van der Waals surface area contributed by atoms with Gasteiger partial charge in [-0.3, -0.25) is 9.69 Å². The number of nitrogens with zero attached hydrogens (tertiary/aromatic N) is 2. The predicted octanol–water partition coefficient (Wildman–Crippen LogP) is 1.71. The Labute approximate surface area is 123 Å². The van der Waals surface area contributed by atoms with Crippen LogP contribution in [0.5, 0.6) is 0 Å². The molecule has 20 heavy (non-hydrogen) atoms. The average molecular weight is 281 g/mol. The van der Waals surface area contributed by atoms with Gasteiger partial charge < -0.3 is 10.2 Å². The third-order valence-electron chi connectivity index (χ3n) is 4.80. The fourth-order valence-electron chi connectivity index (χ4n) is 3.19. The standard InChI is InChI=1S/C16H31N3O/c1-4-18(5-2)16(20)13(3)19-10-6-7-14(12-19)11-17-15-8-9-15/h13-15,17H,4-12H2,1-3H3. The number of amides is 1. The maximum absolute atomic E-state index is 12.5. The summed E-state index contributed by atoms with van der Waals surface area (Å²) in [7, 11) is 0. The molecule has 2 fully saturated rings. The van der Waals surface area contributed by atoms with Gasteiger partial charge in [0.1, 0.15) is 0 Å². The fraction of sp³-hybridized carbons (Fsp3) is 0.938. The van der Waals surface area contributed by atoms with Crippen molar-refractivity contribution in [2.24, 2.45) is 5.92 Å². The molecular weight excluding hydrogens is 250 g/mol. The molecule has 116 valence electrons. The SMILES string of the molecule is CCN(CC)C(=O)C(C)N1CCCC(CNC2CC2)C1. The lowest BCUT2D eigenvalue weighted by molar-refractivity contribution is -0.136. The van der Waals surface area contributed by atoms with Crippen molar-refractivity contribution in [3.05, 3.63) is 0 Å². The van der Waals surface area contributed by atoms with Crippen LogP contribution in [0.25, 0.3) is 0 Å². The van der Waals surface area contributed by atoms with E-state index in [1.165, 1.54) is 25.7 Å². The topological polar surface area (TPSA) is 35.6 Å². The Morgan fingerprint density at radius 3 is 2.60 bits per heavy atom. The Kier molecular flexibility index (Phi) is 5.85. The monoisotopic (exact) mass is 281 g/mol. The summed E-state index contributed by atoms with van der Waals surface area (Å²) in [4.78, 5) is 16.8. The Balaban J connectivity index is 1.81. The summed E-state index contributed by atoms with van der Waals surface area (Å²) in [5.74, 6) is 1.02. The van der Waals surface area contributed by atoms with E-state index < -0.39 is 0 Å². The Bertz CT molecular complexity index is 313. The van der Waals surface area contributed by atoms with Gasteiger partial charge in [-0.05, 0) is 65.5 Å². The van der Waals surface area contributed by atoms with Crippen molar-refractivity contribution in [3.8, 4) is 0 Å². The lowest BCUT2D eigenvalue weighted by atomic mass is 9.96. The number of hydrogen-bond donors (Lipinski definition) is 1. The van der Waals surface area contributed by atoms with Crippen LogP contribution in [0.2, 0.25) is 0 Å². The highest BCUT2D eigenvalue weighted by Gasteiger charge is 2.30. The minimum absolute atomic E-state index is 0.0404. The Morgan fingerprint density at radius 2 is 2.00 bits per heavy atom. The first-order chi connectivity index (χ1) is 9.65. The zero-order valence-corrected chi connectivity index (χ0v) is 13.4. The summed E-state index contributed by atoms with van der Waals surface area (Å²) in [6.07, 6.45) is 5.25. The molecule has 0 aromatic rings. The van der Waals surface area contributed by atoms with E-state index in [4.69, 9.17) is 0 Å². The van der Waals surface area contributed by atoms with Crippen LogP contribution in [0.1, 0.15) is 46.5 Å².